The van der Waals surface area contributed by atoms with Gasteiger partial charge in [0.1, 0.15) is 29.4 Å². The highest BCUT2D eigenvalue weighted by Gasteiger charge is 2.36. The number of sulfonamides is 1. The van der Waals surface area contributed by atoms with Gasteiger partial charge in [-0.15, -0.1) is 16.4 Å². The van der Waals surface area contributed by atoms with Gasteiger partial charge in [0, 0.05) is 19.0 Å². The zero-order valence-corrected chi connectivity index (χ0v) is 25.7. The lowest BCUT2D eigenvalue weighted by Gasteiger charge is -2.21. The fraction of sp³-hybridized carbons (Fsp3) is 0.241. The van der Waals surface area contributed by atoms with Gasteiger partial charge in [0.2, 0.25) is 4.34 Å². The number of phenolic OH excluding ortho intramolecular Hbond substituents is 1. The number of benzene rings is 3. The topological polar surface area (TPSA) is 172 Å². The van der Waals surface area contributed by atoms with E-state index in [9.17, 15) is 31.5 Å². The summed E-state index contributed by atoms with van der Waals surface area (Å²) in [7, 11) is -3.95. The third-order valence-electron chi connectivity index (χ3n) is 6.66. The number of thiazole rings is 1. The molecule has 0 fully saturated rings. The van der Waals surface area contributed by atoms with E-state index in [0.717, 1.165) is 23.0 Å². The Hall–Kier alpha value is -4.74. The first-order chi connectivity index (χ1) is 21.8. The Bertz CT molecular complexity index is 1960. The van der Waals surface area contributed by atoms with Gasteiger partial charge in [-0.2, -0.15) is 13.2 Å². The maximum absolute atomic E-state index is 13.8. The smallest absolute Gasteiger partial charge is 0.420 e. The number of carbonyl (C=O) groups is 1. The number of carbonyl (C=O) groups excluding carboxylic acids is 1. The summed E-state index contributed by atoms with van der Waals surface area (Å²) in [5.41, 5.74) is 0.505. The number of para-hydroxylation sites is 1. The molecule has 1 atom stereocenters. The van der Waals surface area contributed by atoms with Gasteiger partial charge >= 0.3 is 12.1 Å². The molecule has 46 heavy (non-hydrogen) atoms. The first kappa shape index (κ1) is 32.6. The number of nitrogens with one attached hydrogen (secondary N) is 1. The predicted molar refractivity (Wildman–Crippen MR) is 162 cm³/mol. The molecule has 4 N–H and O–H groups in total. The molecule has 242 valence electrons. The largest absolute Gasteiger partial charge is 0.508 e. The number of aromatic hydroxyl groups is 1. The van der Waals surface area contributed by atoms with Crippen LogP contribution in [0, 0.1) is 0 Å². The third-order valence-corrected chi connectivity index (χ3v) is 9.02. The molecular weight excluding hydrogens is 649 g/mol. The minimum atomic E-state index is -4.76. The van der Waals surface area contributed by atoms with Crippen LogP contribution >= 0.6 is 11.3 Å². The molecule has 0 radical (unpaired) electrons. The molecule has 12 nitrogen and oxygen atoms in total. The van der Waals surface area contributed by atoms with Crippen LogP contribution in [0.1, 0.15) is 36.2 Å². The van der Waals surface area contributed by atoms with E-state index >= 15 is 0 Å². The number of alkyl halides is 3. The Morgan fingerprint density at radius 1 is 1.15 bits per heavy atom. The molecule has 5 rings (SSSR count). The number of hydrogen-bond donors (Lipinski definition) is 3. The molecule has 0 saturated carbocycles. The molecule has 0 aliphatic carbocycles. The van der Waals surface area contributed by atoms with Crippen molar-refractivity contribution >= 4 is 43.2 Å². The van der Waals surface area contributed by atoms with Crippen molar-refractivity contribution in [2.45, 2.75) is 42.9 Å². The molecule has 2 heterocycles. The van der Waals surface area contributed by atoms with Gasteiger partial charge in [-0.25, -0.2) is 23.2 Å². The highest BCUT2D eigenvalue weighted by Crippen LogP contribution is 2.41. The van der Waals surface area contributed by atoms with Gasteiger partial charge < -0.3 is 19.9 Å². The van der Waals surface area contributed by atoms with Crippen LogP contribution in [0.4, 0.5) is 18.9 Å². The van der Waals surface area contributed by atoms with Crippen molar-refractivity contribution in [3.8, 4) is 17.2 Å². The first-order valence-corrected chi connectivity index (χ1v) is 16.1. The van der Waals surface area contributed by atoms with Crippen molar-refractivity contribution in [3.63, 3.8) is 0 Å². The van der Waals surface area contributed by atoms with Crippen molar-refractivity contribution < 1.29 is 41.0 Å². The number of phenols is 1. The molecule has 1 unspecified atom stereocenters. The number of esters is 1. The number of halogens is 3. The summed E-state index contributed by atoms with van der Waals surface area (Å²) in [6.45, 7) is 1.52. The number of rotatable bonds is 12. The van der Waals surface area contributed by atoms with Gasteiger partial charge in [-0.3, -0.25) is 4.79 Å². The lowest BCUT2D eigenvalue weighted by molar-refractivity contribution is -0.142. The van der Waals surface area contributed by atoms with E-state index in [4.69, 9.17) is 14.6 Å². The number of aromatic nitrogens is 4. The van der Waals surface area contributed by atoms with Crippen LogP contribution in [0.25, 0.3) is 10.2 Å². The van der Waals surface area contributed by atoms with Gasteiger partial charge in [0.25, 0.3) is 10.0 Å². The number of hydrogen-bond acceptors (Lipinski definition) is 11. The van der Waals surface area contributed by atoms with Crippen LogP contribution in [-0.4, -0.2) is 46.0 Å². The van der Waals surface area contributed by atoms with Crippen LogP contribution in [-0.2, 0) is 34.0 Å². The Morgan fingerprint density at radius 2 is 1.91 bits per heavy atom. The maximum Gasteiger partial charge on any atom is 0.420 e. The molecule has 0 aliphatic heterocycles. The number of nitrogens with two attached hydrogens (primary N) is 1. The summed E-state index contributed by atoms with van der Waals surface area (Å²) < 4.78 is 77.5. The van der Waals surface area contributed by atoms with Crippen LogP contribution < -0.4 is 19.9 Å². The van der Waals surface area contributed by atoms with Gasteiger partial charge in [0.05, 0.1) is 28.1 Å². The molecule has 0 aliphatic rings. The summed E-state index contributed by atoms with van der Waals surface area (Å²) in [6, 6.07) is 14.3. The second-order valence-electron chi connectivity index (χ2n) is 10.0. The fourth-order valence-corrected chi connectivity index (χ4v) is 6.04. The summed E-state index contributed by atoms with van der Waals surface area (Å²) >= 11 is 0.940. The Morgan fingerprint density at radius 3 is 2.61 bits per heavy atom. The standard InChI is InChI=1S/C29H27F3N6O6S2/c1-2-26(40)44-27-22(29(30,31)32)4-3-5-23(27)34-14-19(12-17-6-8-20(39)9-7-17)38-15-18(36-37-38)16-43-21-10-11-25-24(13-21)35-28(45-25)46(33,41)42/h3-11,13,15,19,34,39H,2,12,14,16H2,1H3,(H2,33,41,42). The molecule has 0 saturated heterocycles. The van der Waals surface area contributed by atoms with Crippen LogP contribution in [0.3, 0.4) is 0 Å². The minimum absolute atomic E-state index is 0.0121. The summed E-state index contributed by atoms with van der Waals surface area (Å²) in [5, 5.41) is 26.2. The van der Waals surface area contributed by atoms with Crippen molar-refractivity contribution in [1.82, 2.24) is 20.0 Å². The number of nitrogens with zero attached hydrogens (tertiary/aromatic N) is 4. The van der Waals surface area contributed by atoms with E-state index < -0.39 is 39.5 Å². The lowest BCUT2D eigenvalue weighted by atomic mass is 10.1. The Kier molecular flexibility index (Phi) is 9.45. The van der Waals surface area contributed by atoms with Gasteiger partial charge in [-0.1, -0.05) is 30.3 Å². The molecule has 3 aromatic carbocycles. The monoisotopic (exact) mass is 676 g/mol. The van der Waals surface area contributed by atoms with Crippen LogP contribution in [0.2, 0.25) is 0 Å². The maximum atomic E-state index is 13.8. The van der Waals surface area contributed by atoms with Crippen molar-refractivity contribution in [3.05, 3.63) is 83.7 Å². The average molecular weight is 677 g/mol. The Labute approximate surface area is 264 Å². The van der Waals surface area contributed by atoms with Gasteiger partial charge in [0.15, 0.2) is 5.75 Å². The molecule has 5 aromatic rings. The second-order valence-corrected chi connectivity index (χ2v) is 12.8. The van der Waals surface area contributed by atoms with Crippen LogP contribution in [0.15, 0.2) is 71.2 Å². The fourth-order valence-electron chi connectivity index (χ4n) is 4.40. The molecule has 0 amide bonds. The molecular formula is C29H27F3N6O6S2. The Balaban J connectivity index is 1.36. The van der Waals surface area contributed by atoms with E-state index in [1.807, 2.05) is 0 Å². The lowest BCUT2D eigenvalue weighted by Crippen LogP contribution is -2.23. The normalized spacial score (nSPS) is 12.6. The third kappa shape index (κ3) is 7.91. The summed E-state index contributed by atoms with van der Waals surface area (Å²) in [6.07, 6.45) is -2.92. The molecule has 2 aromatic heterocycles. The first-order valence-electron chi connectivity index (χ1n) is 13.7. The number of ether oxygens (including phenoxy) is 2. The van der Waals surface area contributed by atoms with E-state index in [1.54, 1.807) is 36.5 Å². The van der Waals surface area contributed by atoms with Crippen molar-refractivity contribution in [1.29, 1.82) is 0 Å². The zero-order valence-electron chi connectivity index (χ0n) is 24.1. The second kappa shape index (κ2) is 13.3. The van der Waals surface area contributed by atoms with Crippen LogP contribution in [0.5, 0.6) is 17.2 Å². The highest BCUT2D eigenvalue weighted by molar-refractivity contribution is 7.91. The average Bonchev–Trinajstić information content (AvgIpc) is 3.66. The summed E-state index contributed by atoms with van der Waals surface area (Å²) in [5.74, 6) is -0.970. The van der Waals surface area contributed by atoms with E-state index in [-0.39, 0.29) is 35.3 Å². The molecule has 17 heteroatoms. The highest BCUT2D eigenvalue weighted by atomic mass is 32.2. The van der Waals surface area contributed by atoms with E-state index in [0.29, 0.717) is 28.1 Å². The number of primary sulfonamides is 1. The van der Waals surface area contributed by atoms with E-state index in [2.05, 4.69) is 20.6 Å². The quantitative estimate of drug-likeness (QED) is 0.120. The van der Waals surface area contributed by atoms with Crippen molar-refractivity contribution in [2.24, 2.45) is 5.14 Å². The number of anilines is 1. The SMILES string of the molecule is CCC(=O)Oc1c(NCC(Cc2ccc(O)cc2)n2cc(COc3ccc4sc(S(N)(=O)=O)nc4c3)nn2)cccc1C(F)(F)F. The summed E-state index contributed by atoms with van der Waals surface area (Å²) in [4.78, 5) is 16.1. The predicted octanol–water partition coefficient (Wildman–Crippen LogP) is 5.05. The van der Waals surface area contributed by atoms with Gasteiger partial charge in [-0.05, 0) is 48.4 Å². The minimum Gasteiger partial charge on any atom is -0.508 e. The molecule has 0 spiro atoms. The van der Waals surface area contributed by atoms with Crippen molar-refractivity contribution in [2.75, 3.05) is 11.9 Å². The van der Waals surface area contributed by atoms with E-state index in [1.165, 1.54) is 35.9 Å². The number of fused-ring (bicyclic) bond motifs is 1. The molecule has 0 bridgehead atoms. The zero-order chi connectivity index (χ0) is 33.1.